The molecule has 5 nitrogen and oxygen atoms in total. The van der Waals surface area contributed by atoms with E-state index < -0.39 is 11.7 Å². The van der Waals surface area contributed by atoms with Crippen LogP contribution in [0.25, 0.3) is 0 Å². The predicted octanol–water partition coefficient (Wildman–Crippen LogP) is 2.58. The number of nitrogens with one attached hydrogen (secondary N) is 1. The monoisotopic (exact) mass is 384 g/mol. The van der Waals surface area contributed by atoms with Crippen molar-refractivity contribution in [1.82, 2.24) is 15.1 Å². The molecule has 2 aliphatic heterocycles. The molecule has 1 aromatic rings. The number of hydrogen-bond acceptors (Lipinski definition) is 3. The van der Waals surface area contributed by atoms with Gasteiger partial charge in [0.1, 0.15) is 0 Å². The van der Waals surface area contributed by atoms with Gasteiger partial charge in [-0.2, -0.15) is 13.2 Å². The van der Waals surface area contributed by atoms with Crippen LogP contribution in [0, 0.1) is 0 Å². The van der Waals surface area contributed by atoms with E-state index in [1.807, 2.05) is 11.9 Å². The first-order valence-corrected chi connectivity index (χ1v) is 9.30. The summed E-state index contributed by atoms with van der Waals surface area (Å²) in [5, 5.41) is 3.32. The van der Waals surface area contributed by atoms with E-state index in [1.165, 1.54) is 25.0 Å². The van der Waals surface area contributed by atoms with E-state index in [4.69, 9.17) is 4.74 Å². The van der Waals surface area contributed by atoms with Crippen molar-refractivity contribution in [2.75, 3.05) is 40.3 Å². The first-order chi connectivity index (χ1) is 12.9. The number of guanidine groups is 1. The molecule has 0 aromatic heterocycles. The Balaban J connectivity index is 1.50. The van der Waals surface area contributed by atoms with E-state index in [2.05, 4.69) is 15.2 Å². The van der Waals surface area contributed by atoms with Crippen molar-refractivity contribution in [3.8, 4) is 0 Å². The molecule has 2 fully saturated rings. The van der Waals surface area contributed by atoms with Gasteiger partial charge >= 0.3 is 6.18 Å². The van der Waals surface area contributed by atoms with E-state index in [9.17, 15) is 13.2 Å². The van der Waals surface area contributed by atoms with Crippen LogP contribution in [0.15, 0.2) is 29.3 Å². The van der Waals surface area contributed by atoms with E-state index >= 15 is 0 Å². The molecule has 150 valence electrons. The molecule has 0 spiro atoms. The average molecular weight is 384 g/mol. The molecule has 2 aliphatic rings. The van der Waals surface area contributed by atoms with Gasteiger partial charge in [0.15, 0.2) is 5.96 Å². The molecule has 2 unspecified atom stereocenters. The second kappa shape index (κ2) is 8.48. The Morgan fingerprint density at radius 1 is 1.33 bits per heavy atom. The molecule has 8 heteroatoms. The molecular weight excluding hydrogens is 357 g/mol. The van der Waals surface area contributed by atoms with Gasteiger partial charge in [-0.3, -0.25) is 9.89 Å². The lowest BCUT2D eigenvalue weighted by Crippen LogP contribution is -2.51. The van der Waals surface area contributed by atoms with Crippen LogP contribution < -0.4 is 5.32 Å². The maximum Gasteiger partial charge on any atom is 0.416 e. The van der Waals surface area contributed by atoms with Gasteiger partial charge in [-0.1, -0.05) is 12.1 Å². The van der Waals surface area contributed by atoms with Gasteiger partial charge in [0.05, 0.1) is 18.3 Å². The van der Waals surface area contributed by atoms with Crippen molar-refractivity contribution in [2.24, 2.45) is 4.99 Å². The lowest BCUT2D eigenvalue weighted by Gasteiger charge is -2.35. The number of aliphatic imine (C=N–C) groups is 1. The lowest BCUT2D eigenvalue weighted by atomic mass is 10.1. The summed E-state index contributed by atoms with van der Waals surface area (Å²) in [5.74, 6) is 0.696. The summed E-state index contributed by atoms with van der Waals surface area (Å²) in [6.07, 6.45) is -1.73. The van der Waals surface area contributed by atoms with Gasteiger partial charge in [0.2, 0.25) is 0 Å². The number of nitrogens with zero attached hydrogens (tertiary/aromatic N) is 3. The fourth-order valence-electron chi connectivity index (χ4n) is 3.75. The van der Waals surface area contributed by atoms with Crippen molar-refractivity contribution in [3.05, 3.63) is 35.4 Å². The van der Waals surface area contributed by atoms with Gasteiger partial charge in [0.25, 0.3) is 0 Å². The Kier molecular flexibility index (Phi) is 6.26. The van der Waals surface area contributed by atoms with Crippen LogP contribution in [0.1, 0.15) is 24.0 Å². The largest absolute Gasteiger partial charge is 0.416 e. The Morgan fingerprint density at radius 3 is 2.74 bits per heavy atom. The summed E-state index contributed by atoms with van der Waals surface area (Å²) in [5.41, 5.74) is 0.161. The normalized spacial score (nSPS) is 24.0. The molecule has 0 radical (unpaired) electrons. The number of ether oxygens (including phenoxy) is 1. The number of hydrogen-bond donors (Lipinski definition) is 1. The summed E-state index contributed by atoms with van der Waals surface area (Å²) in [6, 6.07) is 5.81. The van der Waals surface area contributed by atoms with Crippen molar-refractivity contribution in [1.29, 1.82) is 0 Å². The minimum absolute atomic E-state index is 0.121. The second-order valence-electron chi connectivity index (χ2n) is 7.23. The maximum atomic E-state index is 12.7. The quantitative estimate of drug-likeness (QED) is 0.640. The van der Waals surface area contributed by atoms with Gasteiger partial charge in [-0.15, -0.1) is 0 Å². The summed E-state index contributed by atoms with van der Waals surface area (Å²) in [4.78, 5) is 8.66. The number of morpholine rings is 1. The summed E-state index contributed by atoms with van der Waals surface area (Å²) in [7, 11) is 3.56. The third-order valence-electron chi connectivity index (χ3n) is 5.22. The van der Waals surface area contributed by atoms with Crippen LogP contribution in [0.5, 0.6) is 0 Å². The zero-order valence-electron chi connectivity index (χ0n) is 15.8. The van der Waals surface area contributed by atoms with Gasteiger partial charge in [-0.25, -0.2) is 0 Å². The highest BCUT2D eigenvalue weighted by atomic mass is 19.4. The molecule has 1 N–H and O–H groups in total. The van der Waals surface area contributed by atoms with Crippen molar-refractivity contribution < 1.29 is 17.9 Å². The molecular formula is C19H27F3N4O. The SMILES string of the molecule is CN=C(NCC1CN2CCCC2CO1)N(C)Cc1ccc(C(F)(F)F)cc1. The minimum Gasteiger partial charge on any atom is -0.373 e. The third-order valence-corrected chi connectivity index (χ3v) is 5.22. The van der Waals surface area contributed by atoms with Crippen LogP contribution in [0.2, 0.25) is 0 Å². The summed E-state index contributed by atoms with van der Waals surface area (Å²) < 4.78 is 44.0. The number of halogens is 3. The second-order valence-corrected chi connectivity index (χ2v) is 7.23. The van der Waals surface area contributed by atoms with Crippen molar-refractivity contribution in [3.63, 3.8) is 0 Å². The Bertz CT molecular complexity index is 647. The van der Waals surface area contributed by atoms with Crippen molar-refractivity contribution >= 4 is 5.96 Å². The molecule has 0 aliphatic carbocycles. The molecule has 0 bridgehead atoms. The molecule has 2 saturated heterocycles. The van der Waals surface area contributed by atoms with Gasteiger partial charge in [0, 0.05) is 39.8 Å². The van der Waals surface area contributed by atoms with Crippen LogP contribution in [-0.4, -0.2) is 68.2 Å². The highest BCUT2D eigenvalue weighted by Gasteiger charge is 2.32. The Labute approximate surface area is 158 Å². The topological polar surface area (TPSA) is 40.1 Å². The fourth-order valence-corrected chi connectivity index (χ4v) is 3.75. The van der Waals surface area contributed by atoms with Crippen LogP contribution in [-0.2, 0) is 17.5 Å². The average Bonchev–Trinajstić information content (AvgIpc) is 3.09. The van der Waals surface area contributed by atoms with Crippen molar-refractivity contribution in [2.45, 2.75) is 37.7 Å². The number of fused-ring (bicyclic) bond motifs is 1. The number of alkyl halides is 3. The fraction of sp³-hybridized carbons (Fsp3) is 0.632. The summed E-state index contributed by atoms with van der Waals surface area (Å²) >= 11 is 0. The first-order valence-electron chi connectivity index (χ1n) is 9.30. The highest BCUT2D eigenvalue weighted by Crippen LogP contribution is 2.29. The first kappa shape index (κ1) is 19.9. The van der Waals surface area contributed by atoms with Crippen LogP contribution >= 0.6 is 0 Å². The minimum atomic E-state index is -4.31. The number of rotatable bonds is 4. The Morgan fingerprint density at radius 2 is 2.07 bits per heavy atom. The van der Waals surface area contributed by atoms with Crippen LogP contribution in [0.4, 0.5) is 13.2 Å². The molecule has 3 rings (SSSR count). The molecule has 0 amide bonds. The Hall–Kier alpha value is -1.80. The highest BCUT2D eigenvalue weighted by molar-refractivity contribution is 5.79. The molecule has 1 aromatic carbocycles. The van der Waals surface area contributed by atoms with E-state index in [-0.39, 0.29) is 6.10 Å². The molecule has 0 saturated carbocycles. The van der Waals surface area contributed by atoms with Crippen LogP contribution in [0.3, 0.4) is 0 Å². The lowest BCUT2D eigenvalue weighted by molar-refractivity contribution is -0.137. The smallest absolute Gasteiger partial charge is 0.373 e. The maximum absolute atomic E-state index is 12.7. The third kappa shape index (κ3) is 5.13. The zero-order valence-corrected chi connectivity index (χ0v) is 15.8. The standard InChI is InChI=1S/C19H27F3N4O/c1-23-18(24-10-17-12-26-9-3-4-16(26)13-27-17)25(2)11-14-5-7-15(8-6-14)19(20,21)22/h5-8,16-17H,3-4,9-13H2,1-2H3,(H,23,24). The molecule has 2 heterocycles. The van der Waals surface area contributed by atoms with E-state index in [0.717, 1.165) is 37.4 Å². The zero-order chi connectivity index (χ0) is 19.4. The van der Waals surface area contributed by atoms with E-state index in [0.29, 0.717) is 25.1 Å². The van der Waals surface area contributed by atoms with E-state index in [1.54, 1.807) is 7.05 Å². The molecule has 2 atom stereocenters. The molecule has 27 heavy (non-hydrogen) atoms. The van der Waals surface area contributed by atoms with Gasteiger partial charge in [-0.05, 0) is 37.1 Å². The predicted molar refractivity (Wildman–Crippen MR) is 98.6 cm³/mol. The number of benzene rings is 1. The summed E-state index contributed by atoms with van der Waals surface area (Å²) in [6.45, 7) is 3.99. The van der Waals surface area contributed by atoms with Gasteiger partial charge < -0.3 is 15.0 Å².